The molecule has 2 heterocycles. The number of benzene rings is 9. The van der Waals surface area contributed by atoms with Crippen LogP contribution in [0.1, 0.15) is 0 Å². The van der Waals surface area contributed by atoms with Gasteiger partial charge in [0.2, 0.25) is 0 Å². The lowest BCUT2D eigenvalue weighted by Gasteiger charge is -2.17. The van der Waals surface area contributed by atoms with E-state index in [1.54, 1.807) is 0 Å². The zero-order valence-electron chi connectivity index (χ0n) is 28.1. The predicted octanol–water partition coefficient (Wildman–Crippen LogP) is 13.6. The van der Waals surface area contributed by atoms with Crippen molar-refractivity contribution in [2.24, 2.45) is 0 Å². The molecule has 0 aliphatic carbocycles. The van der Waals surface area contributed by atoms with Crippen molar-refractivity contribution in [1.29, 1.82) is 0 Å². The monoisotopic (exact) mass is 656 g/mol. The Hall–Kier alpha value is -6.90. The molecule has 2 aromatic heterocycles. The summed E-state index contributed by atoms with van der Waals surface area (Å²) in [5.41, 5.74) is 6.58. The van der Waals surface area contributed by atoms with Gasteiger partial charge in [-0.2, -0.15) is 0 Å². The Morgan fingerprint density at radius 2 is 0.731 bits per heavy atom. The van der Waals surface area contributed by atoms with Gasteiger partial charge in [0.25, 0.3) is 0 Å². The van der Waals surface area contributed by atoms with E-state index < -0.39 is 0 Å². The third kappa shape index (κ3) is 3.89. The van der Waals surface area contributed by atoms with E-state index in [1.807, 2.05) is 18.5 Å². The lowest BCUT2D eigenvalue weighted by Crippen LogP contribution is -1.89. The summed E-state index contributed by atoms with van der Waals surface area (Å²) in [6.07, 6.45) is 3.81. The fourth-order valence-electron chi connectivity index (χ4n) is 8.95. The molecular formula is C50H28N2. The SMILES string of the molecule is c1cnc2c(c1)ccc1cc(-c3ccc4cc(-c5cc6ccc7cccc8c9cccc%10ccc%11cccc(c(c5)c6c78)c%11c%109)ccc4c3)cnc12. The van der Waals surface area contributed by atoms with Crippen LogP contribution in [-0.2, 0) is 0 Å². The largest absolute Gasteiger partial charge is 0.254 e. The minimum atomic E-state index is 0.939. The average molecular weight is 657 g/mol. The Morgan fingerprint density at radius 3 is 1.40 bits per heavy atom. The van der Waals surface area contributed by atoms with Gasteiger partial charge in [-0.3, -0.25) is 9.97 Å². The summed E-state index contributed by atoms with van der Waals surface area (Å²) >= 11 is 0. The van der Waals surface area contributed by atoms with Gasteiger partial charge in [0, 0.05) is 28.7 Å². The Balaban J connectivity index is 1.07. The third-order valence-corrected chi connectivity index (χ3v) is 11.4. The quantitative estimate of drug-likeness (QED) is 0.173. The van der Waals surface area contributed by atoms with Gasteiger partial charge < -0.3 is 0 Å². The molecule has 0 fully saturated rings. The summed E-state index contributed by atoms with van der Waals surface area (Å²) in [4.78, 5) is 9.48. The van der Waals surface area contributed by atoms with Crippen LogP contribution in [0.15, 0.2) is 170 Å². The second-order valence-electron chi connectivity index (χ2n) is 14.2. The van der Waals surface area contributed by atoms with Gasteiger partial charge >= 0.3 is 0 Å². The summed E-state index contributed by atoms with van der Waals surface area (Å²) in [7, 11) is 0. The lowest BCUT2D eigenvalue weighted by molar-refractivity contribution is 1.37. The summed E-state index contributed by atoms with van der Waals surface area (Å²) in [6.45, 7) is 0. The van der Waals surface area contributed by atoms with E-state index in [2.05, 4.69) is 157 Å². The highest BCUT2D eigenvalue weighted by Gasteiger charge is 2.16. The molecular weight excluding hydrogens is 629 g/mol. The number of aromatic nitrogens is 2. The molecule has 0 bridgehead atoms. The molecule has 0 amide bonds. The highest BCUT2D eigenvalue weighted by molar-refractivity contribution is 6.37. The minimum absolute atomic E-state index is 0.939. The van der Waals surface area contributed by atoms with E-state index in [1.165, 1.54) is 86.5 Å². The van der Waals surface area contributed by atoms with Crippen LogP contribution in [0.5, 0.6) is 0 Å². The van der Waals surface area contributed by atoms with E-state index in [0.717, 1.165) is 32.9 Å². The predicted molar refractivity (Wildman–Crippen MR) is 222 cm³/mol. The number of rotatable bonds is 2. The molecule has 12 aromatic rings. The van der Waals surface area contributed by atoms with E-state index >= 15 is 0 Å². The molecule has 0 saturated carbocycles. The van der Waals surface area contributed by atoms with Crippen LogP contribution in [0.25, 0.3) is 119 Å². The lowest BCUT2D eigenvalue weighted by atomic mass is 9.86. The highest BCUT2D eigenvalue weighted by atomic mass is 14.7. The number of fused-ring (bicyclic) bond motifs is 6. The molecule has 0 unspecified atom stereocenters. The van der Waals surface area contributed by atoms with Crippen molar-refractivity contribution in [2.75, 3.05) is 0 Å². The topological polar surface area (TPSA) is 25.8 Å². The maximum absolute atomic E-state index is 4.87. The molecule has 52 heavy (non-hydrogen) atoms. The summed E-state index contributed by atoms with van der Waals surface area (Å²) in [5, 5.41) is 20.2. The Kier molecular flexibility index (Phi) is 5.53. The van der Waals surface area contributed by atoms with Crippen LogP contribution in [0, 0.1) is 0 Å². The zero-order valence-corrected chi connectivity index (χ0v) is 28.1. The highest BCUT2D eigenvalue weighted by Crippen LogP contribution is 2.44. The fraction of sp³-hybridized carbons (Fsp3) is 0. The molecule has 0 N–H and O–H groups in total. The fourth-order valence-corrected chi connectivity index (χ4v) is 8.95. The molecule has 12 rings (SSSR count). The molecule has 2 nitrogen and oxygen atoms in total. The van der Waals surface area contributed by atoms with Crippen molar-refractivity contribution >= 4 is 97.2 Å². The maximum Gasteiger partial charge on any atom is 0.0964 e. The van der Waals surface area contributed by atoms with Gasteiger partial charge in [0.1, 0.15) is 0 Å². The van der Waals surface area contributed by atoms with Gasteiger partial charge in [0.05, 0.1) is 11.0 Å². The van der Waals surface area contributed by atoms with E-state index in [4.69, 9.17) is 4.98 Å². The van der Waals surface area contributed by atoms with Crippen molar-refractivity contribution < 1.29 is 0 Å². The first-order valence-corrected chi connectivity index (χ1v) is 17.9. The zero-order chi connectivity index (χ0) is 33.9. The minimum Gasteiger partial charge on any atom is -0.254 e. The van der Waals surface area contributed by atoms with Crippen molar-refractivity contribution in [3.63, 3.8) is 0 Å². The van der Waals surface area contributed by atoms with Crippen LogP contribution in [0.4, 0.5) is 0 Å². The number of hydrogen-bond donors (Lipinski definition) is 0. The Labute approximate surface area is 298 Å². The average Bonchev–Trinajstić information content (AvgIpc) is 3.21. The molecule has 0 saturated heterocycles. The molecule has 2 heteroatoms. The van der Waals surface area contributed by atoms with Crippen molar-refractivity contribution in [1.82, 2.24) is 9.97 Å². The molecule has 10 aromatic carbocycles. The Morgan fingerprint density at radius 1 is 0.269 bits per heavy atom. The van der Waals surface area contributed by atoms with Gasteiger partial charge in [0.15, 0.2) is 0 Å². The van der Waals surface area contributed by atoms with Crippen LogP contribution < -0.4 is 0 Å². The molecule has 0 aliphatic rings. The van der Waals surface area contributed by atoms with Crippen LogP contribution in [0.2, 0.25) is 0 Å². The number of hydrogen-bond acceptors (Lipinski definition) is 2. The standard InChI is InChI=1S/C50H28N2/c1-5-29-12-13-30-7-3-11-43-44-27-39(25-37-20-14-31-6-2-10-42(46(31)48(37)44)41(9-1)45(29)47(30)43)35-18-16-34-24-36(19-17-33(34)23-35)40-26-38-21-15-32-8-4-22-51-49(32)50(38)52-28-40/h1-28H. The van der Waals surface area contributed by atoms with Gasteiger partial charge in [-0.05, 0) is 128 Å². The summed E-state index contributed by atoms with van der Waals surface area (Å²) in [6, 6.07) is 58.5. The maximum atomic E-state index is 4.87. The van der Waals surface area contributed by atoms with E-state index in [9.17, 15) is 0 Å². The second kappa shape index (κ2) is 10.3. The third-order valence-electron chi connectivity index (χ3n) is 11.4. The number of pyridine rings is 2. The first-order valence-electron chi connectivity index (χ1n) is 17.9. The van der Waals surface area contributed by atoms with Crippen LogP contribution >= 0.6 is 0 Å². The Bertz CT molecular complexity index is 3460. The molecule has 0 spiro atoms. The van der Waals surface area contributed by atoms with Crippen LogP contribution in [-0.4, -0.2) is 9.97 Å². The van der Waals surface area contributed by atoms with Crippen LogP contribution in [0.3, 0.4) is 0 Å². The second-order valence-corrected chi connectivity index (χ2v) is 14.2. The van der Waals surface area contributed by atoms with E-state index in [-0.39, 0.29) is 0 Å². The molecule has 0 aliphatic heterocycles. The van der Waals surface area contributed by atoms with E-state index in [0.29, 0.717) is 0 Å². The first kappa shape index (κ1) is 27.9. The molecule has 238 valence electrons. The van der Waals surface area contributed by atoms with Gasteiger partial charge in [-0.1, -0.05) is 121 Å². The summed E-state index contributed by atoms with van der Waals surface area (Å²) < 4.78 is 0. The summed E-state index contributed by atoms with van der Waals surface area (Å²) in [5.74, 6) is 0. The normalized spacial score (nSPS) is 12.2. The number of nitrogens with zero attached hydrogens (tertiary/aromatic N) is 2. The van der Waals surface area contributed by atoms with Crippen molar-refractivity contribution in [3.8, 4) is 22.3 Å². The van der Waals surface area contributed by atoms with Crippen molar-refractivity contribution in [3.05, 3.63) is 170 Å². The molecule has 0 radical (unpaired) electrons. The van der Waals surface area contributed by atoms with Crippen molar-refractivity contribution in [2.45, 2.75) is 0 Å². The molecule has 0 atom stereocenters. The smallest absolute Gasteiger partial charge is 0.0964 e. The van der Waals surface area contributed by atoms with Gasteiger partial charge in [-0.15, -0.1) is 0 Å². The first-order chi connectivity index (χ1) is 25.7. The van der Waals surface area contributed by atoms with Gasteiger partial charge in [-0.25, -0.2) is 0 Å².